The third-order valence-electron chi connectivity index (χ3n) is 5.59. The summed E-state index contributed by atoms with van der Waals surface area (Å²) in [7, 11) is 1.76. The Balaban J connectivity index is 1.34. The molecule has 0 saturated carbocycles. The Kier molecular flexibility index (Phi) is 5.40. The standard InChI is InChI=1S/C23H24F2N4O2S2/c1-23(2,3)31-22(30)29-6-5-14(16(25)11-29)17-9-18-21(32-17)26-20(33-18)12-7-13-10-28(4)27-19(13)15(24)8-12/h7-10,14,16H,5-6,11H2,1-4H3. The van der Waals surface area contributed by atoms with Crippen molar-refractivity contribution < 1.29 is 18.3 Å². The number of halogens is 2. The van der Waals surface area contributed by atoms with Crippen molar-refractivity contribution in [2.75, 3.05) is 13.1 Å². The molecule has 0 bridgehead atoms. The highest BCUT2D eigenvalue weighted by Gasteiger charge is 2.35. The van der Waals surface area contributed by atoms with Crippen molar-refractivity contribution in [1.82, 2.24) is 19.7 Å². The number of likely N-dealkylation sites (tertiary alicyclic amines) is 1. The Labute approximate surface area is 197 Å². The summed E-state index contributed by atoms with van der Waals surface area (Å²) in [6.45, 7) is 5.87. The maximum absolute atomic E-state index is 15.0. The van der Waals surface area contributed by atoms with Crippen LogP contribution in [0.2, 0.25) is 0 Å². The fourth-order valence-electron chi connectivity index (χ4n) is 4.11. The summed E-state index contributed by atoms with van der Waals surface area (Å²) < 4.78 is 37.4. The molecule has 2 atom stereocenters. The number of rotatable bonds is 2. The summed E-state index contributed by atoms with van der Waals surface area (Å²) in [5.74, 6) is -0.651. The number of piperidine rings is 1. The van der Waals surface area contributed by atoms with E-state index < -0.39 is 17.9 Å². The molecule has 1 saturated heterocycles. The summed E-state index contributed by atoms with van der Waals surface area (Å²) in [6, 6.07) is 5.34. The Morgan fingerprint density at radius 1 is 1.24 bits per heavy atom. The highest BCUT2D eigenvalue weighted by Crippen LogP contribution is 2.42. The van der Waals surface area contributed by atoms with Gasteiger partial charge >= 0.3 is 6.09 Å². The normalized spacial score (nSPS) is 19.5. The largest absolute Gasteiger partial charge is 0.444 e. The molecule has 1 aliphatic rings. The van der Waals surface area contributed by atoms with Crippen molar-refractivity contribution in [3.8, 4) is 10.6 Å². The molecule has 33 heavy (non-hydrogen) atoms. The van der Waals surface area contributed by atoms with Crippen LogP contribution in [-0.2, 0) is 11.8 Å². The molecule has 1 amide bonds. The third-order valence-corrected chi connectivity index (χ3v) is 7.93. The number of ether oxygens (including phenoxy) is 1. The molecule has 1 aromatic carbocycles. The van der Waals surface area contributed by atoms with Gasteiger partial charge in [-0.05, 0) is 45.4 Å². The van der Waals surface area contributed by atoms with Gasteiger partial charge in [0.1, 0.15) is 27.1 Å². The number of hydrogen-bond acceptors (Lipinski definition) is 6. The van der Waals surface area contributed by atoms with Gasteiger partial charge < -0.3 is 9.64 Å². The number of nitrogens with zero attached hydrogens (tertiary/aromatic N) is 4. The number of fused-ring (bicyclic) bond motifs is 2. The second-order valence-electron chi connectivity index (χ2n) is 9.37. The summed E-state index contributed by atoms with van der Waals surface area (Å²) in [5, 5.41) is 5.59. The van der Waals surface area contributed by atoms with Crippen LogP contribution in [0.5, 0.6) is 0 Å². The van der Waals surface area contributed by atoms with Gasteiger partial charge in [0.15, 0.2) is 5.82 Å². The SMILES string of the molecule is Cn1cc2cc(-c3nc4sc(C5CCN(C(=O)OC(C)(C)C)CC5F)cc4s3)cc(F)c2n1. The van der Waals surface area contributed by atoms with Crippen LogP contribution in [0.3, 0.4) is 0 Å². The van der Waals surface area contributed by atoms with Crippen LogP contribution in [0.15, 0.2) is 24.4 Å². The van der Waals surface area contributed by atoms with Gasteiger partial charge in [-0.15, -0.1) is 22.7 Å². The van der Waals surface area contributed by atoms with Crippen LogP contribution < -0.4 is 0 Å². The van der Waals surface area contributed by atoms with Gasteiger partial charge in [-0.3, -0.25) is 4.68 Å². The van der Waals surface area contributed by atoms with Crippen LogP contribution in [0.25, 0.3) is 31.0 Å². The van der Waals surface area contributed by atoms with Gasteiger partial charge in [0.2, 0.25) is 0 Å². The van der Waals surface area contributed by atoms with Crippen molar-refractivity contribution >= 4 is 49.2 Å². The fraction of sp³-hybridized carbons (Fsp3) is 0.435. The highest BCUT2D eigenvalue weighted by molar-refractivity contribution is 7.28. The molecule has 4 aromatic rings. The fourth-order valence-corrected chi connectivity index (χ4v) is 6.51. The number of benzene rings is 1. The van der Waals surface area contributed by atoms with Gasteiger partial charge in [0.25, 0.3) is 0 Å². The number of amides is 1. The van der Waals surface area contributed by atoms with Crippen LogP contribution in [-0.4, -0.2) is 50.6 Å². The van der Waals surface area contributed by atoms with E-state index in [4.69, 9.17) is 9.72 Å². The molecule has 0 spiro atoms. The van der Waals surface area contributed by atoms with Gasteiger partial charge in [0.05, 0.1) is 11.2 Å². The Hall–Kier alpha value is -2.59. The first-order valence-electron chi connectivity index (χ1n) is 10.7. The molecule has 1 fully saturated rings. The molecule has 2 unspecified atom stereocenters. The zero-order chi connectivity index (χ0) is 23.5. The number of alkyl halides is 1. The molecular weight excluding hydrogens is 466 g/mol. The number of carbonyl (C=O) groups is 1. The molecule has 0 N–H and O–H groups in total. The Morgan fingerprint density at radius 2 is 2.03 bits per heavy atom. The first kappa shape index (κ1) is 22.2. The molecule has 0 aliphatic carbocycles. The highest BCUT2D eigenvalue weighted by atomic mass is 32.1. The van der Waals surface area contributed by atoms with E-state index in [1.807, 2.05) is 12.1 Å². The number of hydrogen-bond donors (Lipinski definition) is 0. The topological polar surface area (TPSA) is 60.2 Å². The lowest BCUT2D eigenvalue weighted by Gasteiger charge is -2.35. The third kappa shape index (κ3) is 4.33. The molecule has 3 aromatic heterocycles. The number of carbonyl (C=O) groups excluding carboxylic acids is 1. The predicted octanol–water partition coefficient (Wildman–Crippen LogP) is 6.11. The van der Waals surface area contributed by atoms with E-state index in [1.165, 1.54) is 33.6 Å². The minimum absolute atomic E-state index is 0.0220. The second-order valence-corrected chi connectivity index (χ2v) is 11.5. The molecule has 0 radical (unpaired) electrons. The number of aryl methyl sites for hydroxylation is 1. The second kappa shape index (κ2) is 8.02. The number of aromatic nitrogens is 3. The van der Waals surface area contributed by atoms with E-state index in [1.54, 1.807) is 38.7 Å². The van der Waals surface area contributed by atoms with Gasteiger partial charge in [-0.1, -0.05) is 0 Å². The van der Waals surface area contributed by atoms with Crippen molar-refractivity contribution in [3.05, 3.63) is 35.1 Å². The van der Waals surface area contributed by atoms with Gasteiger partial charge in [-0.25, -0.2) is 18.6 Å². The minimum Gasteiger partial charge on any atom is -0.444 e. The summed E-state index contributed by atoms with van der Waals surface area (Å²) in [6.07, 6.45) is 0.672. The van der Waals surface area contributed by atoms with Gasteiger partial charge in [-0.2, -0.15) is 5.10 Å². The van der Waals surface area contributed by atoms with Crippen molar-refractivity contribution in [2.24, 2.45) is 7.05 Å². The summed E-state index contributed by atoms with van der Waals surface area (Å²) in [5.41, 5.74) is 0.441. The van der Waals surface area contributed by atoms with Crippen LogP contribution in [0, 0.1) is 5.82 Å². The first-order valence-corrected chi connectivity index (χ1v) is 12.4. The number of thiazole rings is 1. The molecule has 5 rings (SSSR count). The Bertz CT molecular complexity index is 1320. The lowest BCUT2D eigenvalue weighted by atomic mass is 9.93. The maximum atomic E-state index is 15.0. The lowest BCUT2D eigenvalue weighted by molar-refractivity contribution is 0.0113. The average Bonchev–Trinajstić information content (AvgIpc) is 3.38. The quantitative estimate of drug-likeness (QED) is 0.340. The monoisotopic (exact) mass is 490 g/mol. The van der Waals surface area contributed by atoms with E-state index >= 15 is 4.39 Å². The average molecular weight is 491 g/mol. The minimum atomic E-state index is -1.17. The summed E-state index contributed by atoms with van der Waals surface area (Å²) in [4.78, 5) is 20.2. The van der Waals surface area contributed by atoms with Gasteiger partial charge in [0, 0.05) is 41.5 Å². The molecule has 6 nitrogen and oxygen atoms in total. The van der Waals surface area contributed by atoms with Crippen LogP contribution in [0.4, 0.5) is 13.6 Å². The predicted molar refractivity (Wildman–Crippen MR) is 127 cm³/mol. The van der Waals surface area contributed by atoms with Crippen molar-refractivity contribution in [1.29, 1.82) is 0 Å². The maximum Gasteiger partial charge on any atom is 0.410 e. The van der Waals surface area contributed by atoms with E-state index in [2.05, 4.69) is 5.10 Å². The van der Waals surface area contributed by atoms with Crippen LogP contribution >= 0.6 is 22.7 Å². The molecule has 4 heterocycles. The summed E-state index contributed by atoms with van der Waals surface area (Å²) >= 11 is 2.94. The molecular formula is C23H24F2N4O2S2. The van der Waals surface area contributed by atoms with Crippen LogP contribution in [0.1, 0.15) is 38.0 Å². The number of thiophene rings is 1. The molecule has 10 heteroatoms. The van der Waals surface area contributed by atoms with Crippen molar-refractivity contribution in [3.63, 3.8) is 0 Å². The zero-order valence-electron chi connectivity index (χ0n) is 18.8. The molecule has 174 valence electrons. The lowest BCUT2D eigenvalue weighted by Crippen LogP contribution is -2.46. The van der Waals surface area contributed by atoms with E-state index in [0.717, 1.165) is 24.8 Å². The van der Waals surface area contributed by atoms with E-state index in [9.17, 15) is 9.18 Å². The smallest absolute Gasteiger partial charge is 0.410 e. The van der Waals surface area contributed by atoms with E-state index in [-0.39, 0.29) is 18.3 Å². The van der Waals surface area contributed by atoms with E-state index in [0.29, 0.717) is 24.0 Å². The zero-order valence-corrected chi connectivity index (χ0v) is 20.4. The Morgan fingerprint density at radius 3 is 2.73 bits per heavy atom. The van der Waals surface area contributed by atoms with Crippen molar-refractivity contribution in [2.45, 2.75) is 44.9 Å². The first-order chi connectivity index (χ1) is 15.6. The molecule has 1 aliphatic heterocycles.